The van der Waals surface area contributed by atoms with Gasteiger partial charge in [0.25, 0.3) is 0 Å². The molecule has 0 aliphatic rings. The Balaban J connectivity index is 1.46. The van der Waals surface area contributed by atoms with Crippen molar-refractivity contribution >= 4 is 33.0 Å². The van der Waals surface area contributed by atoms with Crippen molar-refractivity contribution in [3.8, 4) is 39.3 Å². The fourth-order valence-electron chi connectivity index (χ4n) is 7.49. The molecular formula is C46H43N3O. The highest BCUT2D eigenvalue weighted by atomic mass is 16.3. The van der Waals surface area contributed by atoms with E-state index in [1.807, 2.05) is 0 Å². The van der Waals surface area contributed by atoms with Crippen LogP contribution in [0.5, 0.6) is 0 Å². The van der Waals surface area contributed by atoms with E-state index in [2.05, 4.69) is 163 Å². The third-order valence-electron chi connectivity index (χ3n) is 10.3. The van der Waals surface area contributed by atoms with Crippen LogP contribution >= 0.6 is 0 Å². The first-order valence-corrected chi connectivity index (χ1v) is 17.7. The topological polar surface area (TPSA) is 43.9 Å². The number of fused-ring (bicyclic) bond motifs is 4. The van der Waals surface area contributed by atoms with Gasteiger partial charge in [-0.15, -0.1) is 0 Å². The number of furan rings is 1. The zero-order valence-corrected chi connectivity index (χ0v) is 30.2. The second-order valence-corrected chi connectivity index (χ2v) is 14.4. The van der Waals surface area contributed by atoms with Crippen LogP contribution in [0.15, 0.2) is 108 Å². The molecule has 0 amide bonds. The van der Waals surface area contributed by atoms with Gasteiger partial charge < -0.3 is 4.42 Å². The lowest BCUT2D eigenvalue weighted by Crippen LogP contribution is -2.10. The molecule has 0 spiro atoms. The van der Waals surface area contributed by atoms with Crippen molar-refractivity contribution in [2.75, 3.05) is 0 Å². The molecule has 50 heavy (non-hydrogen) atoms. The average molecular weight is 654 g/mol. The fraction of sp³-hybridized carbons (Fsp3) is 0.217. The first-order valence-electron chi connectivity index (χ1n) is 17.7. The Morgan fingerprint density at radius 1 is 0.580 bits per heavy atom. The quantitative estimate of drug-likeness (QED) is 0.179. The number of rotatable bonds is 6. The zero-order valence-electron chi connectivity index (χ0n) is 30.2. The first kappa shape index (κ1) is 31.8. The molecule has 0 saturated carbocycles. The summed E-state index contributed by atoms with van der Waals surface area (Å²) in [5, 5.41) is 2.19. The van der Waals surface area contributed by atoms with E-state index in [9.17, 15) is 0 Å². The molecule has 0 saturated heterocycles. The molecule has 0 aliphatic carbocycles. The van der Waals surface area contributed by atoms with Gasteiger partial charge >= 0.3 is 0 Å². The van der Waals surface area contributed by atoms with E-state index in [4.69, 9.17) is 14.4 Å². The standard InChI is InChI=1S/C46H43N3O/c1-26(2)39-23-35(32-13-10-9-11-14-32)24-40(27(3)4)44(39)49-43-29(6)30(7)47-31(8)42(43)48-46(49)38-16-12-15-37-36-22-21-34(25-41(36)50-45(37)38)33-19-17-28(5)18-20-33/h9-27H,1-8H3. The van der Waals surface area contributed by atoms with Crippen LogP contribution in [0, 0.1) is 27.7 Å². The summed E-state index contributed by atoms with van der Waals surface area (Å²) in [6.45, 7) is 17.7. The Morgan fingerprint density at radius 2 is 1.24 bits per heavy atom. The number of hydrogen-bond donors (Lipinski definition) is 0. The largest absolute Gasteiger partial charge is 0.455 e. The van der Waals surface area contributed by atoms with E-state index < -0.39 is 0 Å². The SMILES string of the molecule is Cc1ccc(-c2ccc3c(c2)oc2c(-c4nc5c(C)nc(C)c(C)c5n4-c4c(C(C)C)cc(-c5ccccc5)cc4C(C)C)cccc23)cc1. The molecule has 3 heterocycles. The molecule has 0 fully saturated rings. The molecule has 4 nitrogen and oxygen atoms in total. The van der Waals surface area contributed by atoms with Gasteiger partial charge in [0.05, 0.1) is 22.5 Å². The Kier molecular flexibility index (Phi) is 7.71. The zero-order chi connectivity index (χ0) is 34.8. The summed E-state index contributed by atoms with van der Waals surface area (Å²) < 4.78 is 9.29. The van der Waals surface area contributed by atoms with Crippen LogP contribution in [0.2, 0.25) is 0 Å². The number of aromatic nitrogens is 3. The predicted octanol–water partition coefficient (Wildman–Crippen LogP) is 12.8. The highest BCUT2D eigenvalue weighted by Gasteiger charge is 2.27. The van der Waals surface area contributed by atoms with Gasteiger partial charge in [0.2, 0.25) is 0 Å². The van der Waals surface area contributed by atoms with Crippen LogP contribution in [0.3, 0.4) is 0 Å². The fourth-order valence-corrected chi connectivity index (χ4v) is 7.49. The number of pyridine rings is 1. The summed E-state index contributed by atoms with van der Waals surface area (Å²) in [6.07, 6.45) is 0. The maximum Gasteiger partial charge on any atom is 0.149 e. The van der Waals surface area contributed by atoms with Crippen LogP contribution in [0.1, 0.15) is 73.2 Å². The summed E-state index contributed by atoms with van der Waals surface area (Å²) in [5.74, 6) is 1.41. The smallest absolute Gasteiger partial charge is 0.149 e. The molecule has 3 aromatic heterocycles. The third-order valence-corrected chi connectivity index (χ3v) is 10.3. The second-order valence-electron chi connectivity index (χ2n) is 14.4. The third kappa shape index (κ3) is 5.13. The molecule has 0 radical (unpaired) electrons. The number of benzene rings is 5. The number of nitrogens with zero attached hydrogens (tertiary/aromatic N) is 3. The Morgan fingerprint density at radius 3 is 1.92 bits per heavy atom. The van der Waals surface area contributed by atoms with Crippen LogP contribution in [-0.2, 0) is 0 Å². The second kappa shape index (κ2) is 12.1. The van der Waals surface area contributed by atoms with E-state index in [1.165, 1.54) is 39.1 Å². The monoisotopic (exact) mass is 653 g/mol. The minimum absolute atomic E-state index is 0.267. The van der Waals surface area contributed by atoms with Crippen molar-refractivity contribution in [3.63, 3.8) is 0 Å². The molecular weight excluding hydrogens is 611 g/mol. The van der Waals surface area contributed by atoms with Crippen LogP contribution < -0.4 is 0 Å². The van der Waals surface area contributed by atoms with E-state index in [1.54, 1.807) is 0 Å². The van der Waals surface area contributed by atoms with E-state index in [-0.39, 0.29) is 11.8 Å². The van der Waals surface area contributed by atoms with Gasteiger partial charge in [0.1, 0.15) is 22.5 Å². The van der Waals surface area contributed by atoms with Gasteiger partial charge in [0, 0.05) is 16.5 Å². The summed E-state index contributed by atoms with van der Waals surface area (Å²) >= 11 is 0. The lowest BCUT2D eigenvalue weighted by molar-refractivity contribution is 0.669. The van der Waals surface area contributed by atoms with E-state index >= 15 is 0 Å². The molecule has 8 aromatic rings. The Hall–Kier alpha value is -5.48. The maximum absolute atomic E-state index is 6.86. The normalized spacial score (nSPS) is 12.0. The number of para-hydroxylation sites is 1. The van der Waals surface area contributed by atoms with Crippen LogP contribution in [0.4, 0.5) is 0 Å². The number of imidazole rings is 1. The molecule has 248 valence electrons. The average Bonchev–Trinajstić information content (AvgIpc) is 3.70. The highest BCUT2D eigenvalue weighted by molar-refractivity contribution is 6.10. The van der Waals surface area contributed by atoms with E-state index in [0.717, 1.165) is 66.9 Å². The van der Waals surface area contributed by atoms with Gasteiger partial charge in [-0.25, -0.2) is 4.98 Å². The van der Waals surface area contributed by atoms with Gasteiger partial charge in [-0.05, 0) is 109 Å². The molecule has 0 atom stereocenters. The van der Waals surface area contributed by atoms with Crippen molar-refractivity contribution in [3.05, 3.63) is 137 Å². The minimum Gasteiger partial charge on any atom is -0.455 e. The van der Waals surface area contributed by atoms with Crippen molar-refractivity contribution in [2.24, 2.45) is 0 Å². The van der Waals surface area contributed by atoms with Crippen molar-refractivity contribution in [1.29, 1.82) is 0 Å². The van der Waals surface area contributed by atoms with Crippen LogP contribution in [0.25, 0.3) is 72.3 Å². The molecule has 0 N–H and O–H groups in total. The van der Waals surface area contributed by atoms with Crippen LogP contribution in [-0.4, -0.2) is 14.5 Å². The lowest BCUT2D eigenvalue weighted by Gasteiger charge is -2.25. The summed E-state index contributed by atoms with van der Waals surface area (Å²) in [5.41, 5.74) is 17.6. The molecule has 0 unspecified atom stereocenters. The molecule has 4 heteroatoms. The van der Waals surface area contributed by atoms with Crippen molar-refractivity contribution in [1.82, 2.24) is 14.5 Å². The number of hydrogen-bond acceptors (Lipinski definition) is 3. The summed E-state index contributed by atoms with van der Waals surface area (Å²) in [6, 6.07) is 37.2. The van der Waals surface area contributed by atoms with Gasteiger partial charge in [0.15, 0.2) is 0 Å². The molecule has 5 aromatic carbocycles. The summed E-state index contributed by atoms with van der Waals surface area (Å²) in [4.78, 5) is 10.4. The summed E-state index contributed by atoms with van der Waals surface area (Å²) in [7, 11) is 0. The maximum atomic E-state index is 6.86. The Labute approximate surface area is 294 Å². The lowest BCUT2D eigenvalue weighted by atomic mass is 9.88. The van der Waals surface area contributed by atoms with E-state index in [0.29, 0.717) is 0 Å². The van der Waals surface area contributed by atoms with Crippen molar-refractivity contribution in [2.45, 2.75) is 67.2 Å². The molecule has 0 aliphatic heterocycles. The van der Waals surface area contributed by atoms with Gasteiger partial charge in [-0.2, -0.15) is 0 Å². The molecule has 8 rings (SSSR count). The highest BCUT2D eigenvalue weighted by Crippen LogP contribution is 2.44. The first-order chi connectivity index (χ1) is 24.1. The van der Waals surface area contributed by atoms with Gasteiger partial charge in [-0.3, -0.25) is 9.55 Å². The Bertz CT molecular complexity index is 2540. The van der Waals surface area contributed by atoms with Gasteiger partial charge in [-0.1, -0.05) is 106 Å². The minimum atomic E-state index is 0.267. The van der Waals surface area contributed by atoms with Crippen molar-refractivity contribution < 1.29 is 4.42 Å². The predicted molar refractivity (Wildman–Crippen MR) is 210 cm³/mol. The molecule has 0 bridgehead atoms. The number of aryl methyl sites for hydroxylation is 4.